The fraction of sp³-hybridized carbons (Fsp3) is 0.0556. The Kier molecular flexibility index (Phi) is 3.39. The minimum atomic E-state index is -0.675. The fourth-order valence-electron chi connectivity index (χ4n) is 2.55. The largest absolute Gasteiger partial charge is 0.422 e. The second-order valence-corrected chi connectivity index (χ2v) is 6.32. The lowest BCUT2D eigenvalue weighted by molar-refractivity contribution is 0.0994. The molecule has 0 spiro atoms. The van der Waals surface area contributed by atoms with Gasteiger partial charge in [0.2, 0.25) is 0 Å². The Morgan fingerprint density at radius 1 is 1.12 bits per heavy atom. The average molecular weight is 336 g/mol. The van der Waals surface area contributed by atoms with Gasteiger partial charge >= 0.3 is 5.63 Å². The number of carbonyl (C=O) groups is 1. The maximum Gasteiger partial charge on any atom is 0.349 e. The third-order valence-electron chi connectivity index (χ3n) is 3.78. The molecule has 4 aromatic rings. The van der Waals surface area contributed by atoms with E-state index >= 15 is 0 Å². The van der Waals surface area contributed by atoms with Crippen molar-refractivity contribution < 1.29 is 9.21 Å². The molecule has 118 valence electrons. The number of hydrogen-bond acceptors (Lipinski definition) is 4. The first-order chi connectivity index (χ1) is 11.6. The Morgan fingerprint density at radius 3 is 2.71 bits per heavy atom. The number of thiazole rings is 1. The van der Waals surface area contributed by atoms with Crippen LogP contribution >= 0.6 is 11.3 Å². The van der Waals surface area contributed by atoms with Crippen LogP contribution in [0.2, 0.25) is 0 Å². The van der Waals surface area contributed by atoms with Gasteiger partial charge in [-0.05, 0) is 24.3 Å². The molecule has 0 bridgehead atoms. The molecule has 5 nitrogen and oxygen atoms in total. The van der Waals surface area contributed by atoms with Gasteiger partial charge in [0.15, 0.2) is 4.80 Å². The van der Waals surface area contributed by atoms with Gasteiger partial charge in [-0.15, -0.1) is 0 Å². The lowest BCUT2D eigenvalue weighted by Gasteiger charge is -1.98. The molecule has 4 rings (SSSR count). The van der Waals surface area contributed by atoms with Crippen LogP contribution in [0.4, 0.5) is 0 Å². The van der Waals surface area contributed by atoms with E-state index in [0.717, 1.165) is 10.2 Å². The molecule has 0 fully saturated rings. The molecule has 0 unspecified atom stereocenters. The van der Waals surface area contributed by atoms with Crippen LogP contribution in [0.15, 0.2) is 68.8 Å². The first kappa shape index (κ1) is 14.6. The zero-order chi connectivity index (χ0) is 16.7. The van der Waals surface area contributed by atoms with E-state index < -0.39 is 11.5 Å². The van der Waals surface area contributed by atoms with E-state index in [4.69, 9.17) is 4.42 Å². The summed E-state index contributed by atoms with van der Waals surface area (Å²) in [4.78, 5) is 29.2. The van der Waals surface area contributed by atoms with Gasteiger partial charge in [-0.2, -0.15) is 4.99 Å². The van der Waals surface area contributed by atoms with Gasteiger partial charge in [0, 0.05) is 12.4 Å². The Bertz CT molecular complexity index is 1210. The molecule has 1 amide bonds. The SMILES string of the molecule is Cn1c(=NC(=O)c2cc3ccccc3oc2=O)sc2ccccc21. The summed E-state index contributed by atoms with van der Waals surface area (Å²) in [6.07, 6.45) is 0. The number of rotatable bonds is 1. The van der Waals surface area contributed by atoms with E-state index in [9.17, 15) is 9.59 Å². The maximum atomic E-state index is 12.5. The van der Waals surface area contributed by atoms with Crippen molar-refractivity contribution in [1.82, 2.24) is 4.57 Å². The van der Waals surface area contributed by atoms with Crippen LogP contribution in [0.5, 0.6) is 0 Å². The number of benzene rings is 2. The zero-order valence-corrected chi connectivity index (χ0v) is 13.5. The summed E-state index contributed by atoms with van der Waals surface area (Å²) in [5, 5.41) is 0.691. The molecule has 0 atom stereocenters. The fourth-order valence-corrected chi connectivity index (χ4v) is 3.56. The summed E-state index contributed by atoms with van der Waals surface area (Å²) in [6.45, 7) is 0. The van der Waals surface area contributed by atoms with Crippen molar-refractivity contribution in [3.63, 3.8) is 0 Å². The Balaban J connectivity index is 1.88. The summed E-state index contributed by atoms with van der Waals surface area (Å²) in [7, 11) is 1.84. The third-order valence-corrected chi connectivity index (χ3v) is 4.90. The summed E-state index contributed by atoms with van der Waals surface area (Å²) < 4.78 is 8.06. The van der Waals surface area contributed by atoms with E-state index in [1.54, 1.807) is 18.2 Å². The highest BCUT2D eigenvalue weighted by Gasteiger charge is 2.13. The zero-order valence-electron chi connectivity index (χ0n) is 12.7. The first-order valence-corrected chi connectivity index (χ1v) is 8.11. The molecule has 0 N–H and O–H groups in total. The number of amides is 1. The van der Waals surface area contributed by atoms with E-state index in [0.29, 0.717) is 15.8 Å². The molecule has 0 aliphatic rings. The summed E-state index contributed by atoms with van der Waals surface area (Å²) in [6, 6.07) is 16.4. The number of aromatic nitrogens is 1. The topological polar surface area (TPSA) is 64.6 Å². The van der Waals surface area contributed by atoms with Crippen molar-refractivity contribution in [3.05, 3.63) is 75.4 Å². The number of para-hydroxylation sites is 2. The molecule has 2 aromatic heterocycles. The summed E-state index contributed by atoms with van der Waals surface area (Å²) >= 11 is 1.40. The van der Waals surface area contributed by atoms with E-state index in [1.807, 2.05) is 41.9 Å². The van der Waals surface area contributed by atoms with Crippen LogP contribution in [0.25, 0.3) is 21.2 Å². The monoisotopic (exact) mass is 336 g/mol. The molecule has 0 radical (unpaired) electrons. The normalized spacial score (nSPS) is 12.1. The highest BCUT2D eigenvalue weighted by molar-refractivity contribution is 7.16. The van der Waals surface area contributed by atoms with E-state index in [1.165, 1.54) is 17.4 Å². The summed E-state index contributed by atoms with van der Waals surface area (Å²) in [5.41, 5.74) is 0.698. The van der Waals surface area contributed by atoms with Gasteiger partial charge in [-0.1, -0.05) is 41.7 Å². The lowest BCUT2D eigenvalue weighted by Crippen LogP contribution is -2.17. The molecule has 24 heavy (non-hydrogen) atoms. The van der Waals surface area contributed by atoms with Gasteiger partial charge in [0.25, 0.3) is 5.91 Å². The molecule has 0 aliphatic carbocycles. The molecule has 6 heteroatoms. The van der Waals surface area contributed by atoms with Gasteiger partial charge < -0.3 is 8.98 Å². The Hall–Kier alpha value is -2.99. The van der Waals surface area contributed by atoms with Gasteiger partial charge in [-0.3, -0.25) is 4.79 Å². The quantitative estimate of drug-likeness (QED) is 0.502. The van der Waals surface area contributed by atoms with Crippen molar-refractivity contribution in [2.24, 2.45) is 12.0 Å². The van der Waals surface area contributed by atoms with Crippen LogP contribution in [0, 0.1) is 0 Å². The third kappa shape index (κ3) is 2.37. The second-order valence-electron chi connectivity index (χ2n) is 5.31. The van der Waals surface area contributed by atoms with Crippen molar-refractivity contribution in [2.75, 3.05) is 0 Å². The predicted octanol–water partition coefficient (Wildman–Crippen LogP) is 3.09. The van der Waals surface area contributed by atoms with Crippen LogP contribution in [0.3, 0.4) is 0 Å². The molecule has 0 saturated heterocycles. The van der Waals surface area contributed by atoms with Crippen molar-refractivity contribution in [2.45, 2.75) is 0 Å². The van der Waals surface area contributed by atoms with Gasteiger partial charge in [0.1, 0.15) is 11.1 Å². The van der Waals surface area contributed by atoms with Gasteiger partial charge in [-0.25, -0.2) is 4.79 Å². The average Bonchev–Trinajstić information content (AvgIpc) is 2.90. The highest BCUT2D eigenvalue weighted by atomic mass is 32.1. The Labute approximate surface area is 140 Å². The first-order valence-electron chi connectivity index (χ1n) is 7.30. The van der Waals surface area contributed by atoms with Crippen molar-refractivity contribution in [3.8, 4) is 0 Å². The van der Waals surface area contributed by atoms with Crippen LogP contribution < -0.4 is 10.4 Å². The smallest absolute Gasteiger partial charge is 0.349 e. The minimum absolute atomic E-state index is 0.0637. The van der Waals surface area contributed by atoms with Gasteiger partial charge in [0.05, 0.1) is 10.2 Å². The highest BCUT2D eigenvalue weighted by Crippen LogP contribution is 2.16. The van der Waals surface area contributed by atoms with E-state index in [2.05, 4.69) is 4.99 Å². The number of fused-ring (bicyclic) bond motifs is 2. The molecule has 2 aromatic carbocycles. The number of aryl methyl sites for hydroxylation is 1. The summed E-state index contributed by atoms with van der Waals surface area (Å²) in [5.74, 6) is -0.600. The van der Waals surface area contributed by atoms with Crippen LogP contribution in [-0.4, -0.2) is 10.5 Å². The van der Waals surface area contributed by atoms with Crippen LogP contribution in [-0.2, 0) is 7.05 Å². The molecule has 0 aliphatic heterocycles. The Morgan fingerprint density at radius 2 is 1.88 bits per heavy atom. The number of nitrogens with zero attached hydrogens (tertiary/aromatic N) is 2. The molecule has 0 saturated carbocycles. The number of hydrogen-bond donors (Lipinski definition) is 0. The molecule has 2 heterocycles. The maximum absolute atomic E-state index is 12.5. The molecular weight excluding hydrogens is 324 g/mol. The molecular formula is C18H12N2O3S. The minimum Gasteiger partial charge on any atom is -0.422 e. The predicted molar refractivity (Wildman–Crippen MR) is 93.2 cm³/mol. The standard InChI is InChI=1S/C18H12N2O3S/c1-20-13-7-3-5-9-15(13)24-18(20)19-16(21)12-10-11-6-2-4-8-14(11)23-17(12)22/h2-10H,1H3. The second kappa shape index (κ2) is 5.58. The number of carbonyl (C=O) groups excluding carboxylic acids is 1. The van der Waals surface area contributed by atoms with Crippen molar-refractivity contribution in [1.29, 1.82) is 0 Å². The lowest BCUT2D eigenvalue weighted by atomic mass is 10.2. The van der Waals surface area contributed by atoms with E-state index in [-0.39, 0.29) is 5.56 Å². The van der Waals surface area contributed by atoms with Crippen molar-refractivity contribution >= 4 is 38.4 Å². The van der Waals surface area contributed by atoms with Crippen LogP contribution in [0.1, 0.15) is 10.4 Å².